The quantitative estimate of drug-likeness (QED) is 0.719. The third-order valence-electron chi connectivity index (χ3n) is 2.30. The molecule has 0 atom stereocenters. The highest BCUT2D eigenvalue weighted by Crippen LogP contribution is 2.06. The minimum atomic E-state index is 0.804. The monoisotopic (exact) mass is 187 g/mol. The van der Waals surface area contributed by atoms with Crippen LogP contribution in [0.4, 0.5) is 0 Å². The molecule has 2 heterocycles. The number of nitrogens with zero attached hydrogens (tertiary/aromatic N) is 3. The maximum Gasteiger partial charge on any atom is 0.106 e. The number of rotatable bonds is 2. The molecule has 0 radical (unpaired) electrons. The first kappa shape index (κ1) is 8.94. The molecule has 2 aromatic heterocycles. The van der Waals surface area contributed by atoms with Crippen LogP contribution in [0.15, 0.2) is 30.6 Å². The van der Waals surface area contributed by atoms with Gasteiger partial charge in [0.15, 0.2) is 0 Å². The van der Waals surface area contributed by atoms with Crippen LogP contribution in [0.5, 0.6) is 0 Å². The second kappa shape index (κ2) is 3.62. The molecular weight excluding hydrogens is 174 g/mol. The van der Waals surface area contributed by atoms with Gasteiger partial charge in [0, 0.05) is 18.1 Å². The third-order valence-corrected chi connectivity index (χ3v) is 2.30. The van der Waals surface area contributed by atoms with E-state index < -0.39 is 0 Å². The van der Waals surface area contributed by atoms with E-state index >= 15 is 0 Å². The normalized spacial score (nSPS) is 10.4. The van der Waals surface area contributed by atoms with Crippen molar-refractivity contribution >= 4 is 0 Å². The summed E-state index contributed by atoms with van der Waals surface area (Å²) in [6.45, 7) is 4.87. The van der Waals surface area contributed by atoms with Crippen LogP contribution in [0.25, 0.3) is 0 Å². The van der Waals surface area contributed by atoms with Gasteiger partial charge >= 0.3 is 0 Å². The molecule has 2 rings (SSSR count). The number of hydrogen-bond acceptors (Lipinski definition) is 2. The van der Waals surface area contributed by atoms with Crippen molar-refractivity contribution in [1.82, 2.24) is 14.5 Å². The van der Waals surface area contributed by atoms with Crippen LogP contribution in [0.2, 0.25) is 0 Å². The summed E-state index contributed by atoms with van der Waals surface area (Å²) in [6, 6.07) is 5.96. The van der Waals surface area contributed by atoms with Crippen LogP contribution in [0, 0.1) is 13.8 Å². The number of pyridine rings is 1. The Morgan fingerprint density at radius 3 is 2.64 bits per heavy atom. The lowest BCUT2D eigenvalue weighted by atomic mass is 10.3. The fraction of sp³-hybridized carbons (Fsp3) is 0.273. The first-order valence-electron chi connectivity index (χ1n) is 4.66. The minimum Gasteiger partial charge on any atom is -0.327 e. The lowest BCUT2D eigenvalue weighted by molar-refractivity contribution is 0.721. The van der Waals surface area contributed by atoms with Crippen LogP contribution in [0.1, 0.15) is 17.2 Å². The van der Waals surface area contributed by atoms with Crippen molar-refractivity contribution in [1.29, 1.82) is 0 Å². The SMILES string of the molecule is Cc1cnc(C)n1Cc1ccccn1. The summed E-state index contributed by atoms with van der Waals surface area (Å²) in [6.07, 6.45) is 3.70. The standard InChI is InChI=1S/C11H13N3/c1-9-7-13-10(2)14(9)8-11-5-3-4-6-12-11/h3-7H,8H2,1-2H3. The number of aromatic nitrogens is 3. The zero-order valence-corrected chi connectivity index (χ0v) is 8.44. The van der Waals surface area contributed by atoms with Gasteiger partial charge in [0.05, 0.1) is 12.2 Å². The Kier molecular flexibility index (Phi) is 2.31. The molecule has 0 spiro atoms. The Hall–Kier alpha value is -1.64. The van der Waals surface area contributed by atoms with Crippen molar-refractivity contribution in [2.45, 2.75) is 20.4 Å². The Morgan fingerprint density at radius 1 is 1.21 bits per heavy atom. The maximum atomic E-state index is 4.29. The number of imidazole rings is 1. The van der Waals surface area contributed by atoms with E-state index in [2.05, 4.69) is 21.5 Å². The molecule has 0 amide bonds. The topological polar surface area (TPSA) is 30.7 Å². The first-order valence-corrected chi connectivity index (χ1v) is 4.66. The molecule has 0 aromatic carbocycles. The molecule has 0 saturated heterocycles. The van der Waals surface area contributed by atoms with Crippen LogP contribution in [-0.2, 0) is 6.54 Å². The van der Waals surface area contributed by atoms with Gasteiger partial charge in [0.25, 0.3) is 0 Å². The smallest absolute Gasteiger partial charge is 0.106 e. The average molecular weight is 187 g/mol. The van der Waals surface area contributed by atoms with Crippen molar-refractivity contribution in [3.63, 3.8) is 0 Å². The van der Waals surface area contributed by atoms with Gasteiger partial charge in [-0.05, 0) is 26.0 Å². The molecule has 2 aromatic rings. The predicted octanol–water partition coefficient (Wildman–Crippen LogP) is 1.94. The molecule has 0 unspecified atom stereocenters. The van der Waals surface area contributed by atoms with E-state index in [1.165, 1.54) is 5.69 Å². The van der Waals surface area contributed by atoms with E-state index in [0.29, 0.717) is 0 Å². The van der Waals surface area contributed by atoms with E-state index in [4.69, 9.17) is 0 Å². The summed E-state index contributed by atoms with van der Waals surface area (Å²) < 4.78 is 2.16. The Labute approximate surface area is 83.4 Å². The summed E-state index contributed by atoms with van der Waals surface area (Å²) >= 11 is 0. The fourth-order valence-electron chi connectivity index (χ4n) is 1.47. The summed E-state index contributed by atoms with van der Waals surface area (Å²) in [5, 5.41) is 0. The third kappa shape index (κ3) is 1.66. The summed E-state index contributed by atoms with van der Waals surface area (Å²) in [7, 11) is 0. The Balaban J connectivity index is 2.27. The zero-order chi connectivity index (χ0) is 9.97. The maximum absolute atomic E-state index is 4.29. The van der Waals surface area contributed by atoms with Gasteiger partial charge in [0.1, 0.15) is 5.82 Å². The molecule has 0 aliphatic heterocycles. The highest BCUT2D eigenvalue weighted by atomic mass is 15.1. The average Bonchev–Trinajstić information content (AvgIpc) is 2.51. The van der Waals surface area contributed by atoms with Crippen molar-refractivity contribution in [3.05, 3.63) is 47.8 Å². The van der Waals surface area contributed by atoms with E-state index in [1.807, 2.05) is 37.5 Å². The van der Waals surface area contributed by atoms with Gasteiger partial charge in [-0.15, -0.1) is 0 Å². The molecular formula is C11H13N3. The van der Waals surface area contributed by atoms with Gasteiger partial charge in [-0.25, -0.2) is 4.98 Å². The molecule has 0 N–H and O–H groups in total. The Bertz CT molecular complexity index is 398. The van der Waals surface area contributed by atoms with E-state index in [0.717, 1.165) is 18.1 Å². The van der Waals surface area contributed by atoms with Crippen molar-refractivity contribution in [3.8, 4) is 0 Å². The van der Waals surface area contributed by atoms with Gasteiger partial charge in [-0.1, -0.05) is 6.07 Å². The molecule has 0 saturated carbocycles. The summed E-state index contributed by atoms with van der Waals surface area (Å²) in [4.78, 5) is 8.53. The highest BCUT2D eigenvalue weighted by molar-refractivity contribution is 5.09. The summed E-state index contributed by atoms with van der Waals surface area (Å²) in [5.74, 6) is 1.04. The van der Waals surface area contributed by atoms with Crippen LogP contribution < -0.4 is 0 Å². The molecule has 0 aliphatic carbocycles. The van der Waals surface area contributed by atoms with Crippen LogP contribution in [-0.4, -0.2) is 14.5 Å². The molecule has 0 bridgehead atoms. The lowest BCUT2D eigenvalue weighted by Crippen LogP contribution is -2.05. The van der Waals surface area contributed by atoms with E-state index in [-0.39, 0.29) is 0 Å². The molecule has 0 fully saturated rings. The second-order valence-electron chi connectivity index (χ2n) is 3.35. The molecule has 0 aliphatic rings. The van der Waals surface area contributed by atoms with Gasteiger partial charge in [-0.3, -0.25) is 4.98 Å². The second-order valence-corrected chi connectivity index (χ2v) is 3.35. The van der Waals surface area contributed by atoms with E-state index in [9.17, 15) is 0 Å². The minimum absolute atomic E-state index is 0.804. The highest BCUT2D eigenvalue weighted by Gasteiger charge is 2.02. The van der Waals surface area contributed by atoms with Gasteiger partial charge in [0.2, 0.25) is 0 Å². The molecule has 3 heteroatoms. The number of hydrogen-bond donors (Lipinski definition) is 0. The predicted molar refractivity (Wildman–Crippen MR) is 55.0 cm³/mol. The van der Waals surface area contributed by atoms with E-state index in [1.54, 1.807) is 0 Å². The van der Waals surface area contributed by atoms with Gasteiger partial charge < -0.3 is 4.57 Å². The van der Waals surface area contributed by atoms with Crippen LogP contribution in [0.3, 0.4) is 0 Å². The van der Waals surface area contributed by atoms with Crippen molar-refractivity contribution in [2.75, 3.05) is 0 Å². The molecule has 3 nitrogen and oxygen atoms in total. The van der Waals surface area contributed by atoms with Crippen molar-refractivity contribution in [2.24, 2.45) is 0 Å². The zero-order valence-electron chi connectivity index (χ0n) is 8.44. The molecule has 14 heavy (non-hydrogen) atoms. The van der Waals surface area contributed by atoms with Crippen LogP contribution >= 0.6 is 0 Å². The first-order chi connectivity index (χ1) is 6.77. The summed E-state index contributed by atoms with van der Waals surface area (Å²) in [5.41, 5.74) is 2.24. The Morgan fingerprint density at radius 2 is 2.07 bits per heavy atom. The van der Waals surface area contributed by atoms with Crippen molar-refractivity contribution < 1.29 is 0 Å². The molecule has 72 valence electrons. The number of aryl methyl sites for hydroxylation is 2. The fourth-order valence-corrected chi connectivity index (χ4v) is 1.47. The van der Waals surface area contributed by atoms with Gasteiger partial charge in [-0.2, -0.15) is 0 Å². The largest absolute Gasteiger partial charge is 0.327 e. The lowest BCUT2D eigenvalue weighted by Gasteiger charge is -2.06.